The summed E-state index contributed by atoms with van der Waals surface area (Å²) in [4.78, 5) is 52.2. The molecule has 6 nitrogen and oxygen atoms in total. The molecule has 4 aromatic rings. The zero-order valence-electron chi connectivity index (χ0n) is 19.9. The number of amides is 2. The molecule has 0 bridgehead atoms. The molecule has 0 aromatic heterocycles. The van der Waals surface area contributed by atoms with Gasteiger partial charge in [0.2, 0.25) is 5.91 Å². The van der Waals surface area contributed by atoms with E-state index in [2.05, 4.69) is 10.6 Å². The normalized spacial score (nSPS) is 11.9. The first kappa shape index (κ1) is 24.2. The number of ketones is 2. The van der Waals surface area contributed by atoms with Crippen molar-refractivity contribution in [1.82, 2.24) is 0 Å². The molecular weight excluding hydrogens is 484 g/mol. The van der Waals surface area contributed by atoms with Crippen molar-refractivity contribution in [2.45, 2.75) is 11.8 Å². The van der Waals surface area contributed by atoms with Gasteiger partial charge in [-0.2, -0.15) is 0 Å². The van der Waals surface area contributed by atoms with Gasteiger partial charge in [-0.1, -0.05) is 60.2 Å². The standard InChI is InChI=1S/C30H22N2O4S/c1-18-7-4-8-19(15-18)30(36)31-20-9-5-10-21(16-20)37-17-26(33)32-25-14-6-13-24-27(25)29(35)23-12-3-2-11-22(23)28(24)34/h2-16H,17H2,1H3,(H,31,36)(H,32,33). The molecule has 2 N–H and O–H groups in total. The summed E-state index contributed by atoms with van der Waals surface area (Å²) in [7, 11) is 0. The first-order valence-electron chi connectivity index (χ1n) is 11.6. The van der Waals surface area contributed by atoms with Crippen molar-refractivity contribution in [3.05, 3.63) is 124 Å². The Labute approximate surface area is 218 Å². The minimum atomic E-state index is -0.313. The Hall–Kier alpha value is -4.49. The van der Waals surface area contributed by atoms with E-state index < -0.39 is 0 Å². The lowest BCUT2D eigenvalue weighted by atomic mass is 9.83. The Kier molecular flexibility index (Phi) is 6.70. The predicted octanol–water partition coefficient (Wildman–Crippen LogP) is 5.75. The van der Waals surface area contributed by atoms with Gasteiger partial charge in [0, 0.05) is 32.8 Å². The topological polar surface area (TPSA) is 92.3 Å². The van der Waals surface area contributed by atoms with Crippen LogP contribution in [0.2, 0.25) is 0 Å². The van der Waals surface area contributed by atoms with Crippen LogP contribution in [0, 0.1) is 6.92 Å². The molecule has 0 atom stereocenters. The van der Waals surface area contributed by atoms with Crippen molar-refractivity contribution < 1.29 is 19.2 Å². The number of carbonyl (C=O) groups is 4. The van der Waals surface area contributed by atoms with Crippen molar-refractivity contribution in [2.24, 2.45) is 0 Å². The maximum Gasteiger partial charge on any atom is 0.255 e. The largest absolute Gasteiger partial charge is 0.325 e. The summed E-state index contributed by atoms with van der Waals surface area (Å²) < 4.78 is 0. The van der Waals surface area contributed by atoms with Crippen LogP contribution < -0.4 is 10.6 Å². The van der Waals surface area contributed by atoms with E-state index in [1.54, 1.807) is 66.7 Å². The monoisotopic (exact) mass is 506 g/mol. The number of hydrogen-bond donors (Lipinski definition) is 2. The third kappa shape index (κ3) is 5.08. The van der Waals surface area contributed by atoms with Gasteiger partial charge < -0.3 is 10.6 Å². The number of hydrogen-bond acceptors (Lipinski definition) is 5. The number of anilines is 2. The maximum absolute atomic E-state index is 13.1. The van der Waals surface area contributed by atoms with Crippen LogP contribution in [0.15, 0.2) is 95.9 Å². The molecule has 1 aliphatic carbocycles. The van der Waals surface area contributed by atoms with Crippen LogP contribution in [-0.4, -0.2) is 29.1 Å². The number of nitrogens with one attached hydrogen (secondary N) is 2. The molecule has 0 saturated heterocycles. The molecule has 182 valence electrons. The molecule has 0 fully saturated rings. The number of benzene rings is 4. The highest BCUT2D eigenvalue weighted by molar-refractivity contribution is 8.00. The van der Waals surface area contributed by atoms with E-state index in [4.69, 9.17) is 0 Å². The van der Waals surface area contributed by atoms with Gasteiger partial charge in [-0.3, -0.25) is 19.2 Å². The lowest BCUT2D eigenvalue weighted by Gasteiger charge is -2.20. The average molecular weight is 507 g/mol. The second-order valence-corrected chi connectivity index (χ2v) is 9.67. The summed E-state index contributed by atoms with van der Waals surface area (Å²) in [6, 6.07) is 26.2. The average Bonchev–Trinajstić information content (AvgIpc) is 2.91. The zero-order chi connectivity index (χ0) is 25.9. The van der Waals surface area contributed by atoms with E-state index in [0.717, 1.165) is 10.5 Å². The molecule has 1 aliphatic rings. The van der Waals surface area contributed by atoms with E-state index in [0.29, 0.717) is 28.1 Å². The Bertz CT molecular complexity index is 1580. The second-order valence-electron chi connectivity index (χ2n) is 8.62. The van der Waals surface area contributed by atoms with Gasteiger partial charge in [-0.25, -0.2) is 0 Å². The van der Waals surface area contributed by atoms with E-state index in [1.165, 1.54) is 11.8 Å². The fraction of sp³-hybridized carbons (Fsp3) is 0.0667. The summed E-state index contributed by atoms with van der Waals surface area (Å²) in [6.45, 7) is 1.93. The molecule has 0 unspecified atom stereocenters. The van der Waals surface area contributed by atoms with Crippen molar-refractivity contribution in [3.8, 4) is 0 Å². The molecular formula is C30H22N2O4S. The van der Waals surface area contributed by atoms with E-state index in [9.17, 15) is 19.2 Å². The Balaban J connectivity index is 1.26. The van der Waals surface area contributed by atoms with Crippen LogP contribution in [0.4, 0.5) is 11.4 Å². The fourth-order valence-corrected chi connectivity index (χ4v) is 4.99. The van der Waals surface area contributed by atoms with Gasteiger partial charge in [-0.15, -0.1) is 11.8 Å². The van der Waals surface area contributed by atoms with Crippen molar-refractivity contribution >= 4 is 46.5 Å². The Morgan fingerprint density at radius 2 is 1.43 bits per heavy atom. The maximum atomic E-state index is 13.1. The van der Waals surface area contributed by atoms with Crippen LogP contribution in [-0.2, 0) is 4.79 Å². The quantitative estimate of drug-likeness (QED) is 0.286. The Morgan fingerprint density at radius 1 is 0.730 bits per heavy atom. The predicted molar refractivity (Wildman–Crippen MR) is 145 cm³/mol. The highest BCUT2D eigenvalue weighted by Gasteiger charge is 2.31. The number of carbonyl (C=O) groups excluding carboxylic acids is 4. The molecule has 4 aromatic carbocycles. The molecule has 2 amide bonds. The molecule has 5 rings (SSSR count). The second kappa shape index (κ2) is 10.2. The van der Waals surface area contributed by atoms with Gasteiger partial charge in [0.25, 0.3) is 5.91 Å². The van der Waals surface area contributed by atoms with Gasteiger partial charge in [0.15, 0.2) is 11.6 Å². The molecule has 0 saturated carbocycles. The first-order valence-corrected chi connectivity index (χ1v) is 12.6. The van der Waals surface area contributed by atoms with E-state index in [1.807, 2.05) is 31.2 Å². The number of aryl methyl sites for hydroxylation is 1. The molecule has 37 heavy (non-hydrogen) atoms. The summed E-state index contributed by atoms with van der Waals surface area (Å²) in [6.07, 6.45) is 0. The number of thioether (sulfide) groups is 1. The summed E-state index contributed by atoms with van der Waals surface area (Å²) in [5, 5.41) is 5.68. The van der Waals surface area contributed by atoms with Gasteiger partial charge in [0.1, 0.15) is 0 Å². The SMILES string of the molecule is Cc1cccc(C(=O)Nc2cccc(SCC(=O)Nc3cccc4c3C(=O)c3ccccc3C4=O)c2)c1. The molecule has 0 radical (unpaired) electrons. The lowest BCUT2D eigenvalue weighted by Crippen LogP contribution is -2.24. The minimum Gasteiger partial charge on any atom is -0.325 e. The first-order chi connectivity index (χ1) is 17.9. The fourth-order valence-electron chi connectivity index (χ4n) is 4.24. The van der Waals surface area contributed by atoms with Crippen molar-refractivity contribution in [2.75, 3.05) is 16.4 Å². The van der Waals surface area contributed by atoms with Crippen LogP contribution in [0.3, 0.4) is 0 Å². The minimum absolute atomic E-state index is 0.0810. The van der Waals surface area contributed by atoms with E-state index in [-0.39, 0.29) is 40.3 Å². The molecule has 0 spiro atoms. The van der Waals surface area contributed by atoms with Crippen LogP contribution in [0.1, 0.15) is 47.8 Å². The highest BCUT2D eigenvalue weighted by atomic mass is 32.2. The summed E-state index contributed by atoms with van der Waals surface area (Å²) in [5.41, 5.74) is 3.70. The zero-order valence-corrected chi connectivity index (χ0v) is 20.7. The third-order valence-electron chi connectivity index (χ3n) is 5.97. The third-order valence-corrected chi connectivity index (χ3v) is 6.96. The summed E-state index contributed by atoms with van der Waals surface area (Å²) in [5.74, 6) is -0.964. The summed E-state index contributed by atoms with van der Waals surface area (Å²) >= 11 is 1.30. The molecule has 7 heteroatoms. The molecule has 0 aliphatic heterocycles. The van der Waals surface area contributed by atoms with Crippen LogP contribution in [0.25, 0.3) is 0 Å². The van der Waals surface area contributed by atoms with Gasteiger partial charge in [-0.05, 0) is 43.3 Å². The number of rotatable bonds is 6. The van der Waals surface area contributed by atoms with E-state index >= 15 is 0 Å². The Morgan fingerprint density at radius 3 is 2.22 bits per heavy atom. The highest BCUT2D eigenvalue weighted by Crippen LogP contribution is 2.32. The van der Waals surface area contributed by atoms with Crippen molar-refractivity contribution in [1.29, 1.82) is 0 Å². The smallest absolute Gasteiger partial charge is 0.255 e. The number of fused-ring (bicyclic) bond motifs is 2. The van der Waals surface area contributed by atoms with Crippen LogP contribution in [0.5, 0.6) is 0 Å². The van der Waals surface area contributed by atoms with Gasteiger partial charge >= 0.3 is 0 Å². The molecule has 0 heterocycles. The van der Waals surface area contributed by atoms with Crippen molar-refractivity contribution in [3.63, 3.8) is 0 Å². The van der Waals surface area contributed by atoms with Gasteiger partial charge in [0.05, 0.1) is 17.0 Å². The van der Waals surface area contributed by atoms with Crippen LogP contribution >= 0.6 is 11.8 Å². The lowest BCUT2D eigenvalue weighted by molar-refractivity contribution is -0.113.